The van der Waals surface area contributed by atoms with Crippen LogP contribution < -0.4 is 4.74 Å². The lowest BCUT2D eigenvalue weighted by atomic mass is 10.1. The van der Waals surface area contributed by atoms with Gasteiger partial charge in [0.15, 0.2) is 17.6 Å². The third kappa shape index (κ3) is 2.70. The first kappa shape index (κ1) is 15.9. The van der Waals surface area contributed by atoms with Crippen molar-refractivity contribution in [3.63, 3.8) is 0 Å². The summed E-state index contributed by atoms with van der Waals surface area (Å²) in [5, 5.41) is 11.4. The Bertz CT molecular complexity index is 1130. The monoisotopic (exact) mass is 383 g/mol. The predicted molar refractivity (Wildman–Crippen MR) is 102 cm³/mol. The number of ether oxygens (including phenoxy) is 2. The van der Waals surface area contributed by atoms with Gasteiger partial charge in [0.25, 0.3) is 0 Å². The van der Waals surface area contributed by atoms with E-state index in [1.165, 1.54) is 0 Å². The molecule has 4 aromatic rings. The van der Waals surface area contributed by atoms with Gasteiger partial charge in [0.1, 0.15) is 5.75 Å². The van der Waals surface area contributed by atoms with Gasteiger partial charge in [-0.15, -0.1) is 10.2 Å². The fourth-order valence-corrected chi connectivity index (χ4v) is 4.39. The largest absolute Gasteiger partial charge is 0.467 e. The van der Waals surface area contributed by atoms with Gasteiger partial charge in [0.2, 0.25) is 0 Å². The van der Waals surface area contributed by atoms with Gasteiger partial charge in [-0.1, -0.05) is 41.6 Å². The average molecular weight is 384 g/mol. The van der Waals surface area contributed by atoms with Crippen molar-refractivity contribution in [2.24, 2.45) is 0 Å². The first-order chi connectivity index (χ1) is 12.8. The molecule has 2 aromatic carbocycles. The smallest absolute Gasteiger partial charge is 0.196 e. The van der Waals surface area contributed by atoms with Crippen LogP contribution in [0, 0.1) is 0 Å². The van der Waals surface area contributed by atoms with Crippen LogP contribution in [0.5, 0.6) is 5.75 Å². The number of nitrogens with zero attached hydrogens (tertiary/aromatic N) is 3. The number of aromatic nitrogens is 3. The van der Waals surface area contributed by atoms with E-state index >= 15 is 0 Å². The molecule has 26 heavy (non-hydrogen) atoms. The molecule has 5 nitrogen and oxygen atoms in total. The zero-order valence-electron chi connectivity index (χ0n) is 13.7. The molecule has 0 fully saturated rings. The van der Waals surface area contributed by atoms with Crippen molar-refractivity contribution in [1.29, 1.82) is 0 Å². The minimum Gasteiger partial charge on any atom is -0.467 e. The summed E-state index contributed by atoms with van der Waals surface area (Å²) < 4.78 is 13.1. The summed E-state index contributed by atoms with van der Waals surface area (Å²) in [6.07, 6.45) is 0. The van der Waals surface area contributed by atoms with Crippen LogP contribution in [-0.4, -0.2) is 21.4 Å². The van der Waals surface area contributed by atoms with Crippen molar-refractivity contribution < 1.29 is 9.47 Å². The molecule has 7 heteroatoms. The Labute approximate surface area is 158 Å². The summed E-state index contributed by atoms with van der Waals surface area (Å²) in [4.78, 5) is 0. The van der Waals surface area contributed by atoms with E-state index in [0.717, 1.165) is 38.6 Å². The molecule has 0 N–H and O–H groups in total. The normalized spacial score (nSPS) is 13.7. The Morgan fingerprint density at radius 1 is 1.12 bits per heavy atom. The fourth-order valence-electron chi connectivity index (χ4n) is 3.21. The van der Waals surface area contributed by atoms with E-state index in [2.05, 4.69) is 32.8 Å². The first-order valence-corrected chi connectivity index (χ1v) is 9.53. The zero-order valence-corrected chi connectivity index (χ0v) is 15.3. The van der Waals surface area contributed by atoms with Crippen molar-refractivity contribution in [3.05, 3.63) is 64.7 Å². The van der Waals surface area contributed by atoms with Crippen molar-refractivity contribution in [2.75, 3.05) is 6.79 Å². The van der Waals surface area contributed by atoms with Crippen LogP contribution in [0.25, 0.3) is 16.6 Å². The van der Waals surface area contributed by atoms with Crippen LogP contribution >= 0.6 is 23.4 Å². The van der Waals surface area contributed by atoms with Gasteiger partial charge in [-0.2, -0.15) is 0 Å². The van der Waals surface area contributed by atoms with E-state index in [-0.39, 0.29) is 6.79 Å². The number of hydrogen-bond donors (Lipinski definition) is 0. The van der Waals surface area contributed by atoms with Crippen LogP contribution in [-0.2, 0) is 17.1 Å². The molecular weight excluding hydrogens is 370 g/mol. The van der Waals surface area contributed by atoms with Crippen LogP contribution in [0.1, 0.15) is 11.1 Å². The Morgan fingerprint density at radius 3 is 3.00 bits per heavy atom. The summed E-state index contributed by atoms with van der Waals surface area (Å²) in [6, 6.07) is 16.1. The Balaban J connectivity index is 1.53. The van der Waals surface area contributed by atoms with E-state index in [0.29, 0.717) is 17.4 Å². The average Bonchev–Trinajstić information content (AvgIpc) is 3.09. The second-order valence-electron chi connectivity index (χ2n) is 6.02. The Kier molecular flexibility index (Phi) is 3.96. The molecule has 0 saturated heterocycles. The maximum Gasteiger partial charge on any atom is 0.196 e. The number of rotatable bonds is 3. The van der Waals surface area contributed by atoms with Crippen LogP contribution in [0.2, 0.25) is 5.02 Å². The molecule has 1 aliphatic rings. The van der Waals surface area contributed by atoms with E-state index in [1.807, 2.05) is 30.3 Å². The maximum atomic E-state index is 6.26. The van der Waals surface area contributed by atoms with Gasteiger partial charge in [-0.05, 0) is 35.7 Å². The molecule has 5 rings (SSSR count). The predicted octanol–water partition coefficient (Wildman–Crippen LogP) is 4.69. The van der Waals surface area contributed by atoms with Crippen LogP contribution in [0.15, 0.2) is 53.7 Å². The molecule has 0 unspecified atom stereocenters. The lowest BCUT2D eigenvalue weighted by Crippen LogP contribution is -2.13. The highest BCUT2D eigenvalue weighted by molar-refractivity contribution is 7.98. The molecule has 0 saturated carbocycles. The van der Waals surface area contributed by atoms with Crippen LogP contribution in [0.4, 0.5) is 0 Å². The Morgan fingerprint density at radius 2 is 2.04 bits per heavy atom. The molecule has 1 aliphatic heterocycles. The number of halogens is 1. The van der Waals surface area contributed by atoms with Crippen molar-refractivity contribution in [3.8, 4) is 5.75 Å². The van der Waals surface area contributed by atoms with Crippen molar-refractivity contribution in [2.45, 2.75) is 17.5 Å². The highest BCUT2D eigenvalue weighted by Gasteiger charge is 2.18. The first-order valence-electron chi connectivity index (χ1n) is 8.17. The minimum atomic E-state index is 0.269. The third-order valence-corrected chi connectivity index (χ3v) is 5.55. The summed E-state index contributed by atoms with van der Waals surface area (Å²) in [5.41, 5.74) is 3.95. The van der Waals surface area contributed by atoms with Crippen molar-refractivity contribution in [1.82, 2.24) is 14.6 Å². The standard InChI is InChI=1S/C19H14ClN3O2S/c20-15-7-13-9-24-11-25-18(13)14(8-15)10-26-19-22-21-17-6-5-12-3-1-2-4-16(12)23(17)19/h1-8H,9-11H2. The lowest BCUT2D eigenvalue weighted by Gasteiger charge is -2.20. The highest BCUT2D eigenvalue weighted by atomic mass is 35.5. The number of para-hydroxylation sites is 1. The number of pyridine rings is 1. The third-order valence-electron chi connectivity index (χ3n) is 4.36. The Hall–Kier alpha value is -2.28. The van der Waals surface area contributed by atoms with E-state index in [1.54, 1.807) is 11.8 Å². The summed E-state index contributed by atoms with van der Waals surface area (Å²) >= 11 is 7.88. The van der Waals surface area contributed by atoms with Gasteiger partial charge in [0.05, 0.1) is 12.1 Å². The summed E-state index contributed by atoms with van der Waals surface area (Å²) in [7, 11) is 0. The molecule has 0 bridgehead atoms. The SMILES string of the molecule is Clc1cc2c(c(CSc3nnc4ccc5ccccc5n34)c1)OCOC2. The molecule has 0 spiro atoms. The van der Waals surface area contributed by atoms with Gasteiger partial charge >= 0.3 is 0 Å². The zero-order chi connectivity index (χ0) is 17.5. The maximum absolute atomic E-state index is 6.26. The molecule has 0 atom stereocenters. The van der Waals surface area contributed by atoms with E-state index in [9.17, 15) is 0 Å². The van der Waals surface area contributed by atoms with E-state index < -0.39 is 0 Å². The second-order valence-corrected chi connectivity index (χ2v) is 7.40. The number of benzene rings is 2. The van der Waals surface area contributed by atoms with Gasteiger partial charge in [-0.25, -0.2) is 0 Å². The summed E-state index contributed by atoms with van der Waals surface area (Å²) in [5.74, 6) is 1.55. The number of hydrogen-bond acceptors (Lipinski definition) is 5. The number of thioether (sulfide) groups is 1. The fraction of sp³-hybridized carbons (Fsp3) is 0.158. The van der Waals surface area contributed by atoms with Gasteiger partial charge in [-0.3, -0.25) is 4.40 Å². The van der Waals surface area contributed by atoms with Gasteiger partial charge in [0, 0.05) is 21.9 Å². The molecule has 0 amide bonds. The molecular formula is C19H14ClN3O2S. The topological polar surface area (TPSA) is 48.7 Å². The molecule has 130 valence electrons. The molecule has 3 heterocycles. The van der Waals surface area contributed by atoms with E-state index in [4.69, 9.17) is 21.1 Å². The minimum absolute atomic E-state index is 0.269. The second kappa shape index (κ2) is 6.46. The highest BCUT2D eigenvalue weighted by Crippen LogP contribution is 2.35. The lowest BCUT2D eigenvalue weighted by molar-refractivity contribution is -0.0168. The molecule has 0 radical (unpaired) electrons. The van der Waals surface area contributed by atoms with Crippen LogP contribution in [0.3, 0.4) is 0 Å². The quantitative estimate of drug-likeness (QED) is 0.480. The molecule has 2 aromatic heterocycles. The van der Waals surface area contributed by atoms with Gasteiger partial charge < -0.3 is 9.47 Å². The molecule has 0 aliphatic carbocycles. The number of fused-ring (bicyclic) bond motifs is 4. The summed E-state index contributed by atoms with van der Waals surface area (Å²) in [6.45, 7) is 0.789. The van der Waals surface area contributed by atoms with Crippen molar-refractivity contribution >= 4 is 39.9 Å².